The predicted molar refractivity (Wildman–Crippen MR) is 82.6 cm³/mol. The zero-order valence-corrected chi connectivity index (χ0v) is 12.1. The van der Waals surface area contributed by atoms with Gasteiger partial charge in [-0.2, -0.15) is 0 Å². The zero-order valence-electron chi connectivity index (χ0n) is 12.1. The van der Waals surface area contributed by atoms with Gasteiger partial charge in [-0.1, -0.05) is 24.3 Å². The van der Waals surface area contributed by atoms with Crippen molar-refractivity contribution in [3.05, 3.63) is 64.1 Å². The average molecular weight is 282 g/mol. The number of carbonyl (C=O) groups excluding carboxylic acids is 1. The lowest BCUT2D eigenvalue weighted by Gasteiger charge is -2.29. The molecular weight excluding hydrogens is 264 g/mol. The van der Waals surface area contributed by atoms with Crippen molar-refractivity contribution in [2.75, 3.05) is 11.4 Å². The van der Waals surface area contributed by atoms with Gasteiger partial charge in [0, 0.05) is 24.0 Å². The van der Waals surface area contributed by atoms with Crippen molar-refractivity contribution in [3.63, 3.8) is 0 Å². The van der Waals surface area contributed by atoms with Crippen LogP contribution in [-0.2, 0) is 17.8 Å². The van der Waals surface area contributed by atoms with E-state index in [0.29, 0.717) is 0 Å². The van der Waals surface area contributed by atoms with E-state index in [9.17, 15) is 9.59 Å². The SMILES string of the molecule is Cc1cccc(=O)n1CC(=O)N1CCCc2ccccc21. The fraction of sp³-hybridized carbons (Fsp3) is 0.294. The Morgan fingerprint density at radius 3 is 2.76 bits per heavy atom. The summed E-state index contributed by atoms with van der Waals surface area (Å²) in [6.07, 6.45) is 1.97. The highest BCUT2D eigenvalue weighted by molar-refractivity contribution is 5.94. The van der Waals surface area contributed by atoms with Crippen molar-refractivity contribution in [1.29, 1.82) is 0 Å². The molecule has 1 amide bonds. The highest BCUT2D eigenvalue weighted by Crippen LogP contribution is 2.26. The van der Waals surface area contributed by atoms with Crippen LogP contribution in [0.5, 0.6) is 0 Å². The van der Waals surface area contributed by atoms with Gasteiger partial charge in [0.1, 0.15) is 6.54 Å². The van der Waals surface area contributed by atoms with Gasteiger partial charge in [0.2, 0.25) is 5.91 Å². The lowest BCUT2D eigenvalue weighted by molar-refractivity contribution is -0.119. The molecule has 1 aliphatic rings. The molecule has 0 spiro atoms. The molecule has 0 saturated carbocycles. The Morgan fingerprint density at radius 1 is 1.14 bits per heavy atom. The number of anilines is 1. The summed E-state index contributed by atoms with van der Waals surface area (Å²) in [6, 6.07) is 13.0. The maximum absolute atomic E-state index is 12.6. The minimum atomic E-state index is -0.131. The molecule has 0 atom stereocenters. The fourth-order valence-corrected chi connectivity index (χ4v) is 2.84. The number of fused-ring (bicyclic) bond motifs is 1. The van der Waals surface area contributed by atoms with Crippen LogP contribution >= 0.6 is 0 Å². The van der Waals surface area contributed by atoms with Crippen LogP contribution < -0.4 is 10.5 Å². The molecule has 21 heavy (non-hydrogen) atoms. The predicted octanol–water partition coefficient (Wildman–Crippen LogP) is 2.14. The Kier molecular flexibility index (Phi) is 3.60. The summed E-state index contributed by atoms with van der Waals surface area (Å²) in [7, 11) is 0. The van der Waals surface area contributed by atoms with Crippen LogP contribution in [0.4, 0.5) is 5.69 Å². The largest absolute Gasteiger partial charge is 0.311 e. The molecule has 0 unspecified atom stereocenters. The second-order valence-electron chi connectivity index (χ2n) is 5.37. The number of hydrogen-bond donors (Lipinski definition) is 0. The number of hydrogen-bond acceptors (Lipinski definition) is 2. The van der Waals surface area contributed by atoms with Gasteiger partial charge in [-0.05, 0) is 37.5 Å². The zero-order chi connectivity index (χ0) is 14.8. The molecular formula is C17H18N2O2. The maximum atomic E-state index is 12.6. The number of para-hydroxylation sites is 1. The lowest BCUT2D eigenvalue weighted by Crippen LogP contribution is -2.39. The summed E-state index contributed by atoms with van der Waals surface area (Å²) in [4.78, 5) is 26.3. The van der Waals surface area contributed by atoms with E-state index in [-0.39, 0.29) is 18.0 Å². The smallest absolute Gasteiger partial charge is 0.251 e. The van der Waals surface area contributed by atoms with Crippen molar-refractivity contribution in [1.82, 2.24) is 4.57 Å². The Morgan fingerprint density at radius 2 is 1.95 bits per heavy atom. The number of pyridine rings is 1. The third-order valence-electron chi connectivity index (χ3n) is 3.97. The second kappa shape index (κ2) is 5.56. The molecule has 1 aromatic carbocycles. The Balaban J connectivity index is 1.89. The highest BCUT2D eigenvalue weighted by Gasteiger charge is 2.22. The number of benzene rings is 1. The average Bonchev–Trinajstić information content (AvgIpc) is 2.50. The topological polar surface area (TPSA) is 42.3 Å². The second-order valence-corrected chi connectivity index (χ2v) is 5.37. The minimum absolute atomic E-state index is 0.0291. The van der Waals surface area contributed by atoms with Gasteiger partial charge in [0.25, 0.3) is 5.56 Å². The van der Waals surface area contributed by atoms with Gasteiger partial charge in [0.15, 0.2) is 0 Å². The first-order valence-corrected chi connectivity index (χ1v) is 7.21. The molecule has 0 fully saturated rings. The molecule has 0 radical (unpaired) electrons. The number of amides is 1. The summed E-state index contributed by atoms with van der Waals surface area (Å²) in [5.74, 6) is -0.0291. The first-order chi connectivity index (χ1) is 10.2. The molecule has 3 rings (SSSR count). The summed E-state index contributed by atoms with van der Waals surface area (Å²) >= 11 is 0. The third-order valence-corrected chi connectivity index (χ3v) is 3.97. The Hall–Kier alpha value is -2.36. The van der Waals surface area contributed by atoms with Crippen LogP contribution in [-0.4, -0.2) is 17.0 Å². The quantitative estimate of drug-likeness (QED) is 0.847. The molecule has 2 aromatic rings. The van der Waals surface area contributed by atoms with Crippen molar-refractivity contribution < 1.29 is 4.79 Å². The van der Waals surface area contributed by atoms with Crippen molar-refractivity contribution >= 4 is 11.6 Å². The summed E-state index contributed by atoms with van der Waals surface area (Å²) in [5, 5.41) is 0. The number of aromatic nitrogens is 1. The molecule has 108 valence electrons. The van der Waals surface area contributed by atoms with E-state index in [1.165, 1.54) is 16.2 Å². The Bertz CT molecular complexity index is 734. The van der Waals surface area contributed by atoms with Gasteiger partial charge >= 0.3 is 0 Å². The molecule has 1 aromatic heterocycles. The van der Waals surface area contributed by atoms with E-state index in [1.54, 1.807) is 11.0 Å². The minimum Gasteiger partial charge on any atom is -0.311 e. The monoisotopic (exact) mass is 282 g/mol. The van der Waals surface area contributed by atoms with E-state index in [4.69, 9.17) is 0 Å². The molecule has 2 heterocycles. The molecule has 0 saturated heterocycles. The third kappa shape index (κ3) is 2.61. The van der Waals surface area contributed by atoms with Crippen LogP contribution in [0.2, 0.25) is 0 Å². The molecule has 4 nitrogen and oxygen atoms in total. The van der Waals surface area contributed by atoms with Gasteiger partial charge in [-0.15, -0.1) is 0 Å². The van der Waals surface area contributed by atoms with E-state index >= 15 is 0 Å². The van der Waals surface area contributed by atoms with Crippen LogP contribution in [0.15, 0.2) is 47.3 Å². The number of aryl methyl sites for hydroxylation is 2. The van der Waals surface area contributed by atoms with Gasteiger partial charge in [-0.25, -0.2) is 0 Å². The maximum Gasteiger partial charge on any atom is 0.251 e. The lowest BCUT2D eigenvalue weighted by atomic mass is 10.0. The van der Waals surface area contributed by atoms with Gasteiger partial charge in [-0.3, -0.25) is 9.59 Å². The van der Waals surface area contributed by atoms with Crippen molar-refractivity contribution in [3.8, 4) is 0 Å². The van der Waals surface area contributed by atoms with E-state index in [2.05, 4.69) is 6.07 Å². The first-order valence-electron chi connectivity index (χ1n) is 7.21. The molecule has 0 N–H and O–H groups in total. The molecule has 4 heteroatoms. The number of carbonyl (C=O) groups is 1. The standard InChI is InChI=1S/C17H18N2O2/c1-13-6-4-10-16(20)19(13)12-17(21)18-11-5-8-14-7-2-3-9-15(14)18/h2-4,6-7,9-10H,5,8,11-12H2,1H3. The Labute approximate surface area is 123 Å². The highest BCUT2D eigenvalue weighted by atomic mass is 16.2. The number of rotatable bonds is 2. The van der Waals surface area contributed by atoms with Crippen LogP contribution in [0.3, 0.4) is 0 Å². The molecule has 1 aliphatic heterocycles. The normalized spacial score (nSPS) is 13.9. The fourth-order valence-electron chi connectivity index (χ4n) is 2.84. The molecule has 0 bridgehead atoms. The van der Waals surface area contributed by atoms with Gasteiger partial charge < -0.3 is 9.47 Å². The van der Waals surface area contributed by atoms with Crippen LogP contribution in [0.25, 0.3) is 0 Å². The van der Waals surface area contributed by atoms with Crippen LogP contribution in [0.1, 0.15) is 17.7 Å². The van der Waals surface area contributed by atoms with Crippen LogP contribution in [0, 0.1) is 6.92 Å². The van der Waals surface area contributed by atoms with E-state index in [1.807, 2.05) is 31.2 Å². The van der Waals surface area contributed by atoms with E-state index in [0.717, 1.165) is 30.8 Å². The number of nitrogens with zero attached hydrogens (tertiary/aromatic N) is 2. The van der Waals surface area contributed by atoms with Gasteiger partial charge in [0.05, 0.1) is 0 Å². The van der Waals surface area contributed by atoms with Crippen molar-refractivity contribution in [2.24, 2.45) is 0 Å². The first kappa shape index (κ1) is 13.6. The summed E-state index contributed by atoms with van der Waals surface area (Å²) in [6.45, 7) is 2.66. The van der Waals surface area contributed by atoms with E-state index < -0.39 is 0 Å². The summed E-state index contributed by atoms with van der Waals surface area (Å²) in [5.41, 5.74) is 2.86. The summed E-state index contributed by atoms with van der Waals surface area (Å²) < 4.78 is 1.53. The molecule has 0 aliphatic carbocycles. The van der Waals surface area contributed by atoms with Crippen molar-refractivity contribution in [2.45, 2.75) is 26.3 Å².